The van der Waals surface area contributed by atoms with Crippen molar-refractivity contribution >= 4 is 11.4 Å². The predicted octanol–water partition coefficient (Wildman–Crippen LogP) is 2.72. The molecule has 1 rings (SSSR count). The molecule has 1 heterocycles. The molecule has 3 N–H and O–H groups in total. The summed E-state index contributed by atoms with van der Waals surface area (Å²) >= 11 is 0. The van der Waals surface area contributed by atoms with E-state index >= 15 is 0 Å². The van der Waals surface area contributed by atoms with Crippen LogP contribution in [0.15, 0.2) is 18.5 Å². The summed E-state index contributed by atoms with van der Waals surface area (Å²) in [6.07, 6.45) is 6.90. The van der Waals surface area contributed by atoms with Crippen molar-refractivity contribution in [3.63, 3.8) is 0 Å². The second-order valence-electron chi connectivity index (χ2n) is 4.75. The molecule has 0 saturated carbocycles. The van der Waals surface area contributed by atoms with E-state index in [9.17, 15) is 0 Å². The molecule has 102 valence electrons. The molecule has 18 heavy (non-hydrogen) atoms. The zero-order chi connectivity index (χ0) is 13.2. The molecule has 0 aromatic carbocycles. The summed E-state index contributed by atoms with van der Waals surface area (Å²) in [4.78, 5) is 4.20. The van der Waals surface area contributed by atoms with Crippen molar-refractivity contribution in [3.8, 4) is 0 Å². The van der Waals surface area contributed by atoms with Gasteiger partial charge in [0, 0.05) is 19.7 Å². The Morgan fingerprint density at radius 2 is 1.89 bits per heavy atom. The molecule has 1 aromatic rings. The zero-order valence-corrected chi connectivity index (χ0v) is 11.4. The van der Waals surface area contributed by atoms with Crippen LogP contribution >= 0.6 is 0 Å². The smallest absolute Gasteiger partial charge is 0.0547 e. The molecule has 0 aliphatic heterocycles. The Labute approximate surface area is 110 Å². The number of rotatable bonds is 9. The van der Waals surface area contributed by atoms with Gasteiger partial charge in [0.2, 0.25) is 0 Å². The standard InChI is InChI=1S/C14H25N3O/c1-3-6-16-13-8-14(10-15-9-13)17-7-4-5-12(2)11-18/h8-10,12,16-18H,3-7,11H2,1-2H3. The van der Waals surface area contributed by atoms with Crippen molar-refractivity contribution in [3.05, 3.63) is 18.5 Å². The van der Waals surface area contributed by atoms with Crippen LogP contribution in [-0.2, 0) is 0 Å². The zero-order valence-electron chi connectivity index (χ0n) is 11.4. The van der Waals surface area contributed by atoms with Crippen molar-refractivity contribution in [2.75, 3.05) is 30.3 Å². The van der Waals surface area contributed by atoms with Gasteiger partial charge in [-0.05, 0) is 31.2 Å². The lowest BCUT2D eigenvalue weighted by Gasteiger charge is -2.10. The maximum absolute atomic E-state index is 8.93. The molecule has 4 heteroatoms. The minimum Gasteiger partial charge on any atom is -0.396 e. The maximum Gasteiger partial charge on any atom is 0.0547 e. The number of hydrogen-bond acceptors (Lipinski definition) is 4. The van der Waals surface area contributed by atoms with Gasteiger partial charge in [0.25, 0.3) is 0 Å². The first kappa shape index (κ1) is 14.8. The van der Waals surface area contributed by atoms with E-state index in [0.717, 1.165) is 43.7 Å². The lowest BCUT2D eigenvalue weighted by molar-refractivity contribution is 0.229. The molecular weight excluding hydrogens is 226 g/mol. The summed E-state index contributed by atoms with van der Waals surface area (Å²) in [6, 6.07) is 2.08. The lowest BCUT2D eigenvalue weighted by Crippen LogP contribution is -2.07. The van der Waals surface area contributed by atoms with Gasteiger partial charge in [-0.3, -0.25) is 4.98 Å². The van der Waals surface area contributed by atoms with Gasteiger partial charge in [0.15, 0.2) is 0 Å². The quantitative estimate of drug-likeness (QED) is 0.591. The number of aliphatic hydroxyl groups is 1. The normalized spacial score (nSPS) is 12.2. The Kier molecular flexibility index (Phi) is 7.18. The van der Waals surface area contributed by atoms with Gasteiger partial charge in [-0.2, -0.15) is 0 Å². The fraction of sp³-hybridized carbons (Fsp3) is 0.643. The van der Waals surface area contributed by atoms with E-state index in [-0.39, 0.29) is 6.61 Å². The van der Waals surface area contributed by atoms with E-state index < -0.39 is 0 Å². The Hall–Kier alpha value is -1.29. The third-order valence-corrected chi connectivity index (χ3v) is 2.83. The Morgan fingerprint density at radius 1 is 1.22 bits per heavy atom. The Balaban J connectivity index is 2.29. The summed E-state index contributed by atoms with van der Waals surface area (Å²) in [5.74, 6) is 0.391. The van der Waals surface area contributed by atoms with Gasteiger partial charge in [-0.15, -0.1) is 0 Å². The third kappa shape index (κ3) is 5.87. The fourth-order valence-electron chi connectivity index (χ4n) is 1.68. The average Bonchev–Trinajstić information content (AvgIpc) is 2.41. The van der Waals surface area contributed by atoms with Gasteiger partial charge >= 0.3 is 0 Å². The Bertz CT molecular complexity index is 331. The van der Waals surface area contributed by atoms with Gasteiger partial charge in [-0.25, -0.2) is 0 Å². The highest BCUT2D eigenvalue weighted by Crippen LogP contribution is 2.13. The first-order valence-corrected chi connectivity index (χ1v) is 6.80. The molecular formula is C14H25N3O. The van der Waals surface area contributed by atoms with Crippen molar-refractivity contribution < 1.29 is 5.11 Å². The number of anilines is 2. The molecule has 0 aliphatic carbocycles. The summed E-state index contributed by atoms with van der Waals surface area (Å²) < 4.78 is 0. The summed E-state index contributed by atoms with van der Waals surface area (Å²) in [5, 5.41) is 15.6. The van der Waals surface area contributed by atoms with Crippen LogP contribution < -0.4 is 10.6 Å². The van der Waals surface area contributed by atoms with E-state index in [1.165, 1.54) is 0 Å². The SMILES string of the molecule is CCCNc1cncc(NCCCC(C)CO)c1. The van der Waals surface area contributed by atoms with E-state index in [1.54, 1.807) is 0 Å². The number of nitrogens with zero attached hydrogens (tertiary/aromatic N) is 1. The molecule has 0 fully saturated rings. The molecule has 0 bridgehead atoms. The minimum absolute atomic E-state index is 0.276. The molecule has 1 atom stereocenters. The monoisotopic (exact) mass is 251 g/mol. The number of hydrogen-bond donors (Lipinski definition) is 3. The molecule has 1 aromatic heterocycles. The largest absolute Gasteiger partial charge is 0.396 e. The second-order valence-corrected chi connectivity index (χ2v) is 4.75. The van der Waals surface area contributed by atoms with Gasteiger partial charge in [0.05, 0.1) is 23.8 Å². The summed E-state index contributed by atoms with van der Waals surface area (Å²) in [7, 11) is 0. The fourth-order valence-corrected chi connectivity index (χ4v) is 1.68. The van der Waals surface area contributed by atoms with Crippen molar-refractivity contribution in [1.29, 1.82) is 0 Å². The predicted molar refractivity (Wildman–Crippen MR) is 77.0 cm³/mol. The van der Waals surface area contributed by atoms with Crippen molar-refractivity contribution in [1.82, 2.24) is 4.98 Å². The topological polar surface area (TPSA) is 57.2 Å². The van der Waals surface area contributed by atoms with Crippen LogP contribution in [0, 0.1) is 5.92 Å². The number of aliphatic hydroxyl groups excluding tert-OH is 1. The van der Waals surface area contributed by atoms with E-state index in [0.29, 0.717) is 5.92 Å². The highest BCUT2D eigenvalue weighted by atomic mass is 16.3. The molecule has 0 saturated heterocycles. The maximum atomic E-state index is 8.93. The molecule has 0 spiro atoms. The molecule has 0 aliphatic rings. The Morgan fingerprint density at radius 3 is 2.50 bits per heavy atom. The van der Waals surface area contributed by atoms with E-state index in [2.05, 4.69) is 35.5 Å². The number of nitrogens with one attached hydrogen (secondary N) is 2. The lowest BCUT2D eigenvalue weighted by atomic mass is 10.1. The first-order chi connectivity index (χ1) is 8.76. The van der Waals surface area contributed by atoms with Crippen molar-refractivity contribution in [2.24, 2.45) is 5.92 Å². The third-order valence-electron chi connectivity index (χ3n) is 2.83. The van der Waals surface area contributed by atoms with Crippen LogP contribution in [0.3, 0.4) is 0 Å². The molecule has 0 amide bonds. The average molecular weight is 251 g/mol. The van der Waals surface area contributed by atoms with Crippen LogP contribution in [-0.4, -0.2) is 29.8 Å². The molecule has 1 unspecified atom stereocenters. The summed E-state index contributed by atoms with van der Waals surface area (Å²) in [6.45, 7) is 6.38. The summed E-state index contributed by atoms with van der Waals surface area (Å²) in [5.41, 5.74) is 2.11. The molecule has 4 nitrogen and oxygen atoms in total. The van der Waals surface area contributed by atoms with E-state index in [4.69, 9.17) is 5.11 Å². The van der Waals surface area contributed by atoms with Crippen LogP contribution in [0.5, 0.6) is 0 Å². The van der Waals surface area contributed by atoms with Gasteiger partial charge in [-0.1, -0.05) is 13.8 Å². The molecule has 0 radical (unpaired) electrons. The first-order valence-electron chi connectivity index (χ1n) is 6.80. The minimum atomic E-state index is 0.276. The van der Waals surface area contributed by atoms with Crippen LogP contribution in [0.25, 0.3) is 0 Å². The van der Waals surface area contributed by atoms with Crippen molar-refractivity contribution in [2.45, 2.75) is 33.1 Å². The number of pyridine rings is 1. The van der Waals surface area contributed by atoms with Gasteiger partial charge in [0.1, 0.15) is 0 Å². The van der Waals surface area contributed by atoms with E-state index in [1.807, 2.05) is 12.4 Å². The van der Waals surface area contributed by atoms with Gasteiger partial charge < -0.3 is 15.7 Å². The number of aromatic nitrogens is 1. The highest BCUT2D eigenvalue weighted by Gasteiger charge is 2.00. The van der Waals surface area contributed by atoms with Crippen LogP contribution in [0.1, 0.15) is 33.1 Å². The van der Waals surface area contributed by atoms with Crippen LogP contribution in [0.4, 0.5) is 11.4 Å². The highest BCUT2D eigenvalue weighted by molar-refractivity contribution is 5.53. The second kappa shape index (κ2) is 8.75. The van der Waals surface area contributed by atoms with Crippen LogP contribution in [0.2, 0.25) is 0 Å².